The summed E-state index contributed by atoms with van der Waals surface area (Å²) in [5, 5.41) is 3.30. The summed E-state index contributed by atoms with van der Waals surface area (Å²) >= 11 is 0. The Kier molecular flexibility index (Phi) is 3.38. The number of allylic oxidation sites excluding steroid dienone is 5. The van der Waals surface area contributed by atoms with Crippen molar-refractivity contribution < 1.29 is 4.79 Å². The lowest BCUT2D eigenvalue weighted by Crippen LogP contribution is -2.14. The highest BCUT2D eigenvalue weighted by molar-refractivity contribution is 5.78. The van der Waals surface area contributed by atoms with Crippen LogP contribution in [-0.4, -0.2) is 5.78 Å². The number of carbonyl (C=O) groups excluding carboxylic acids is 1. The third kappa shape index (κ3) is 2.82. The van der Waals surface area contributed by atoms with E-state index >= 15 is 0 Å². The van der Waals surface area contributed by atoms with E-state index in [-0.39, 0.29) is 0 Å². The van der Waals surface area contributed by atoms with Crippen molar-refractivity contribution in [2.75, 3.05) is 0 Å². The molecule has 2 rings (SSSR count). The average Bonchev–Trinajstić information content (AvgIpc) is 2.59. The molecule has 0 amide bonds. The second-order valence-corrected chi connectivity index (χ2v) is 4.18. The highest BCUT2D eigenvalue weighted by atomic mass is 16.1. The molecule has 1 aliphatic carbocycles. The minimum atomic E-state index is 0.429. The van der Waals surface area contributed by atoms with E-state index in [2.05, 4.69) is 17.5 Å². The molecule has 2 aliphatic rings. The normalized spacial score (nSPS) is 26.5. The van der Waals surface area contributed by atoms with Gasteiger partial charge in [-0.25, -0.2) is 0 Å². The van der Waals surface area contributed by atoms with Crippen LogP contribution in [0.1, 0.15) is 32.1 Å². The first-order valence-electron chi connectivity index (χ1n) is 5.68. The van der Waals surface area contributed by atoms with Crippen molar-refractivity contribution in [1.82, 2.24) is 5.32 Å². The Morgan fingerprint density at radius 2 is 2.07 bits per heavy atom. The van der Waals surface area contributed by atoms with Crippen LogP contribution in [0.3, 0.4) is 0 Å². The molecule has 1 atom stereocenters. The van der Waals surface area contributed by atoms with Gasteiger partial charge in [0.25, 0.3) is 0 Å². The maximum absolute atomic E-state index is 11.3. The van der Waals surface area contributed by atoms with E-state index in [9.17, 15) is 4.79 Å². The maximum Gasteiger partial charge on any atom is 0.132 e. The molecule has 80 valence electrons. The van der Waals surface area contributed by atoms with Crippen LogP contribution in [0.15, 0.2) is 36.2 Å². The molecule has 0 spiro atoms. The second-order valence-electron chi connectivity index (χ2n) is 4.18. The summed E-state index contributed by atoms with van der Waals surface area (Å²) in [5.41, 5.74) is 1.26. The molecule has 0 radical (unpaired) electrons. The summed E-state index contributed by atoms with van der Waals surface area (Å²) in [6.07, 6.45) is 14.8. The van der Waals surface area contributed by atoms with Gasteiger partial charge in [-0.05, 0) is 37.3 Å². The molecule has 0 aromatic carbocycles. The molecule has 0 aromatic heterocycles. The van der Waals surface area contributed by atoms with Gasteiger partial charge in [-0.15, -0.1) is 0 Å². The van der Waals surface area contributed by atoms with Crippen molar-refractivity contribution in [1.29, 1.82) is 0 Å². The lowest BCUT2D eigenvalue weighted by Gasteiger charge is -2.17. The zero-order valence-corrected chi connectivity index (χ0v) is 8.91. The number of hydrogen-bond acceptors (Lipinski definition) is 2. The van der Waals surface area contributed by atoms with Crippen LogP contribution in [0, 0.1) is 5.92 Å². The molecular formula is C13H17NO. The minimum absolute atomic E-state index is 0.429. The standard InChI is InChI=1S/C13H17NO/c15-12-6-4-5-11(8-9-12)13-7-2-1-3-10-14-13/h1-3,7,10-11,14H,4-6,8-9H2. The molecule has 1 N–H and O–H groups in total. The van der Waals surface area contributed by atoms with Gasteiger partial charge in [0.2, 0.25) is 0 Å². The molecule has 2 heteroatoms. The lowest BCUT2D eigenvalue weighted by atomic mass is 9.96. The van der Waals surface area contributed by atoms with Crippen LogP contribution in [0.4, 0.5) is 0 Å². The monoisotopic (exact) mass is 203 g/mol. The van der Waals surface area contributed by atoms with E-state index in [0.29, 0.717) is 11.7 Å². The molecule has 0 bridgehead atoms. The Morgan fingerprint density at radius 1 is 1.13 bits per heavy atom. The van der Waals surface area contributed by atoms with Crippen molar-refractivity contribution >= 4 is 5.78 Å². The summed E-state index contributed by atoms with van der Waals surface area (Å²) in [6.45, 7) is 0. The second kappa shape index (κ2) is 4.96. The van der Waals surface area contributed by atoms with Crippen LogP contribution < -0.4 is 5.32 Å². The average molecular weight is 203 g/mol. The Hall–Kier alpha value is -1.31. The number of rotatable bonds is 1. The molecule has 1 saturated carbocycles. The number of hydrogen-bond donors (Lipinski definition) is 1. The van der Waals surface area contributed by atoms with E-state index in [4.69, 9.17) is 0 Å². The fourth-order valence-corrected chi connectivity index (χ4v) is 2.19. The van der Waals surface area contributed by atoms with Gasteiger partial charge in [0.15, 0.2) is 0 Å². The first-order chi connectivity index (χ1) is 7.36. The van der Waals surface area contributed by atoms with E-state index < -0.39 is 0 Å². The van der Waals surface area contributed by atoms with E-state index in [0.717, 1.165) is 32.1 Å². The van der Waals surface area contributed by atoms with Crippen LogP contribution in [-0.2, 0) is 4.79 Å². The largest absolute Gasteiger partial charge is 0.365 e. The summed E-state index contributed by atoms with van der Waals surface area (Å²) in [7, 11) is 0. The molecule has 1 heterocycles. The Labute approximate surface area is 90.7 Å². The van der Waals surface area contributed by atoms with E-state index in [1.807, 2.05) is 18.4 Å². The first-order valence-corrected chi connectivity index (χ1v) is 5.68. The summed E-state index contributed by atoms with van der Waals surface area (Å²) in [6, 6.07) is 0. The van der Waals surface area contributed by atoms with Crippen LogP contribution >= 0.6 is 0 Å². The summed E-state index contributed by atoms with van der Waals surface area (Å²) < 4.78 is 0. The van der Waals surface area contributed by atoms with Crippen molar-refractivity contribution in [3.8, 4) is 0 Å². The fourth-order valence-electron chi connectivity index (χ4n) is 2.19. The zero-order valence-electron chi connectivity index (χ0n) is 8.91. The maximum atomic E-state index is 11.3. The Morgan fingerprint density at radius 3 is 3.00 bits per heavy atom. The number of carbonyl (C=O) groups is 1. The Balaban J connectivity index is 2.03. The number of Topliss-reactive ketones (excluding diaryl/α,β-unsaturated/α-hetero) is 1. The number of ketones is 1. The molecule has 1 unspecified atom stereocenters. The smallest absolute Gasteiger partial charge is 0.132 e. The van der Waals surface area contributed by atoms with Gasteiger partial charge in [0.1, 0.15) is 5.78 Å². The Bertz CT molecular complexity index is 325. The van der Waals surface area contributed by atoms with Crippen LogP contribution in [0.25, 0.3) is 0 Å². The van der Waals surface area contributed by atoms with Crippen molar-refractivity contribution in [2.45, 2.75) is 32.1 Å². The first kappa shape index (κ1) is 10.2. The molecule has 0 aromatic rings. The van der Waals surface area contributed by atoms with Gasteiger partial charge in [0.05, 0.1) is 0 Å². The van der Waals surface area contributed by atoms with Gasteiger partial charge < -0.3 is 5.32 Å². The zero-order chi connectivity index (χ0) is 10.5. The third-order valence-corrected chi connectivity index (χ3v) is 3.06. The van der Waals surface area contributed by atoms with Gasteiger partial charge in [-0.1, -0.05) is 12.2 Å². The molecule has 1 aliphatic heterocycles. The molecule has 2 nitrogen and oxygen atoms in total. The molecule has 15 heavy (non-hydrogen) atoms. The minimum Gasteiger partial charge on any atom is -0.365 e. The number of nitrogens with one attached hydrogen (secondary N) is 1. The molecular weight excluding hydrogens is 186 g/mol. The predicted molar refractivity (Wildman–Crippen MR) is 61.1 cm³/mol. The van der Waals surface area contributed by atoms with Crippen molar-refractivity contribution in [3.63, 3.8) is 0 Å². The summed E-state index contributed by atoms with van der Waals surface area (Å²) in [5.74, 6) is 0.960. The molecule has 0 saturated heterocycles. The highest BCUT2D eigenvalue weighted by Gasteiger charge is 2.19. The summed E-state index contributed by atoms with van der Waals surface area (Å²) in [4.78, 5) is 11.3. The van der Waals surface area contributed by atoms with Gasteiger partial charge in [-0.2, -0.15) is 0 Å². The lowest BCUT2D eigenvalue weighted by molar-refractivity contribution is -0.118. The van der Waals surface area contributed by atoms with Crippen LogP contribution in [0.5, 0.6) is 0 Å². The SMILES string of the molecule is O=C1CCCC(C2=CC=CC=CN2)CC1. The third-order valence-electron chi connectivity index (χ3n) is 3.06. The van der Waals surface area contributed by atoms with Crippen molar-refractivity contribution in [3.05, 3.63) is 36.2 Å². The topological polar surface area (TPSA) is 29.1 Å². The van der Waals surface area contributed by atoms with Crippen molar-refractivity contribution in [2.24, 2.45) is 5.92 Å². The van der Waals surface area contributed by atoms with Crippen LogP contribution in [0.2, 0.25) is 0 Å². The van der Waals surface area contributed by atoms with Gasteiger partial charge >= 0.3 is 0 Å². The van der Waals surface area contributed by atoms with E-state index in [1.165, 1.54) is 5.70 Å². The molecule has 1 fully saturated rings. The van der Waals surface area contributed by atoms with Gasteiger partial charge in [-0.3, -0.25) is 4.79 Å². The predicted octanol–water partition coefficient (Wildman–Crippen LogP) is 2.69. The van der Waals surface area contributed by atoms with Gasteiger partial charge in [0, 0.05) is 24.7 Å². The quantitative estimate of drug-likeness (QED) is 0.664. The van der Waals surface area contributed by atoms with E-state index in [1.54, 1.807) is 0 Å². The fraction of sp³-hybridized carbons (Fsp3) is 0.462. The highest BCUT2D eigenvalue weighted by Crippen LogP contribution is 2.26.